The normalized spacial score (nSPS) is 18.2. The Kier molecular flexibility index (Phi) is 5.00. The maximum absolute atomic E-state index is 13.2. The number of nitro groups is 1. The molecule has 2 fully saturated rings. The lowest BCUT2D eigenvalue weighted by atomic mass is 9.78. The molecular formula is C21H23N3O4. The first kappa shape index (κ1) is 18.4. The molecule has 0 unspecified atom stereocenters. The van der Waals surface area contributed by atoms with Crippen LogP contribution in [0.1, 0.15) is 29.6 Å². The van der Waals surface area contributed by atoms with Crippen LogP contribution in [-0.2, 0) is 0 Å². The van der Waals surface area contributed by atoms with Crippen molar-refractivity contribution in [3.8, 4) is 11.5 Å². The van der Waals surface area contributed by atoms with Gasteiger partial charge in [0.15, 0.2) is 0 Å². The predicted octanol–water partition coefficient (Wildman–Crippen LogP) is 3.60. The quantitative estimate of drug-likeness (QED) is 0.646. The van der Waals surface area contributed by atoms with Gasteiger partial charge in [-0.3, -0.25) is 14.9 Å². The van der Waals surface area contributed by atoms with Crippen LogP contribution in [0.5, 0.6) is 11.5 Å². The fourth-order valence-corrected chi connectivity index (χ4v) is 4.08. The summed E-state index contributed by atoms with van der Waals surface area (Å²) in [5, 5.41) is 14.6. The average molecular weight is 381 g/mol. The largest absolute Gasteiger partial charge is 0.457 e. The van der Waals surface area contributed by atoms with Gasteiger partial charge in [-0.2, -0.15) is 0 Å². The summed E-state index contributed by atoms with van der Waals surface area (Å²) >= 11 is 0. The van der Waals surface area contributed by atoms with E-state index in [-0.39, 0.29) is 17.2 Å². The summed E-state index contributed by atoms with van der Waals surface area (Å²) in [6.45, 7) is 3.37. The number of nitrogens with zero attached hydrogens (tertiary/aromatic N) is 2. The molecule has 7 heteroatoms. The van der Waals surface area contributed by atoms with Crippen LogP contribution in [0.4, 0.5) is 5.69 Å². The van der Waals surface area contributed by atoms with Crippen molar-refractivity contribution in [1.82, 2.24) is 10.2 Å². The third-order valence-corrected chi connectivity index (χ3v) is 5.82. The van der Waals surface area contributed by atoms with E-state index in [1.54, 1.807) is 17.0 Å². The molecule has 7 nitrogen and oxygen atoms in total. The lowest BCUT2D eigenvalue weighted by Gasteiger charge is -2.39. The number of ether oxygens (including phenoxy) is 1. The Bertz CT molecular complexity index is 868. The molecule has 0 aliphatic carbocycles. The van der Waals surface area contributed by atoms with Crippen molar-refractivity contribution in [1.29, 1.82) is 0 Å². The number of nitrogens with one attached hydrogen (secondary N) is 1. The van der Waals surface area contributed by atoms with Crippen molar-refractivity contribution in [2.75, 3.05) is 26.2 Å². The molecule has 28 heavy (non-hydrogen) atoms. The van der Waals surface area contributed by atoms with Crippen LogP contribution in [0.25, 0.3) is 0 Å². The molecule has 4 rings (SSSR count). The minimum Gasteiger partial charge on any atom is -0.457 e. The van der Waals surface area contributed by atoms with Crippen LogP contribution in [0.15, 0.2) is 48.5 Å². The van der Waals surface area contributed by atoms with E-state index in [0.717, 1.165) is 32.4 Å². The van der Waals surface area contributed by atoms with E-state index in [4.69, 9.17) is 4.74 Å². The first-order valence-corrected chi connectivity index (χ1v) is 9.58. The number of likely N-dealkylation sites (tertiary alicyclic amines) is 1. The highest BCUT2D eigenvalue weighted by molar-refractivity contribution is 5.97. The number of hydrogen-bond acceptors (Lipinski definition) is 5. The third kappa shape index (κ3) is 3.71. The minimum atomic E-state index is -0.488. The van der Waals surface area contributed by atoms with Crippen molar-refractivity contribution in [2.24, 2.45) is 5.41 Å². The summed E-state index contributed by atoms with van der Waals surface area (Å²) in [5.41, 5.74) is 0.416. The SMILES string of the molecule is O=C(c1cc([N+](=O)[O-])ccc1Oc1ccccc1)N1CCC2(CCNC2)CC1. The number of rotatable bonds is 4. The van der Waals surface area contributed by atoms with Crippen LogP contribution in [0, 0.1) is 15.5 Å². The smallest absolute Gasteiger partial charge is 0.270 e. The summed E-state index contributed by atoms with van der Waals surface area (Å²) in [5.74, 6) is 0.708. The van der Waals surface area contributed by atoms with E-state index in [1.165, 1.54) is 18.2 Å². The molecule has 2 aromatic carbocycles. The highest BCUT2D eigenvalue weighted by Crippen LogP contribution is 2.38. The number of para-hydroxylation sites is 1. The monoisotopic (exact) mass is 381 g/mol. The standard InChI is InChI=1S/C21H23N3O4/c25-20(23-12-9-21(10-13-23)8-11-22-15-21)18-14-16(24(26)27)6-7-19(18)28-17-4-2-1-3-5-17/h1-7,14,22H,8-13,15H2. The number of carbonyl (C=O) groups is 1. The first-order valence-electron chi connectivity index (χ1n) is 9.58. The zero-order valence-corrected chi connectivity index (χ0v) is 15.6. The predicted molar refractivity (Wildman–Crippen MR) is 105 cm³/mol. The second-order valence-electron chi connectivity index (χ2n) is 7.57. The second-order valence-corrected chi connectivity index (χ2v) is 7.57. The highest BCUT2D eigenvalue weighted by Gasteiger charge is 2.38. The van der Waals surface area contributed by atoms with Gasteiger partial charge in [0.2, 0.25) is 0 Å². The fraction of sp³-hybridized carbons (Fsp3) is 0.381. The molecular weight excluding hydrogens is 358 g/mol. The maximum atomic E-state index is 13.2. The molecule has 0 bridgehead atoms. The zero-order valence-electron chi connectivity index (χ0n) is 15.6. The van der Waals surface area contributed by atoms with E-state index in [2.05, 4.69) is 5.32 Å². The van der Waals surface area contributed by atoms with E-state index in [0.29, 0.717) is 30.0 Å². The summed E-state index contributed by atoms with van der Waals surface area (Å²) in [4.78, 5) is 25.7. The molecule has 2 aliphatic heterocycles. The van der Waals surface area contributed by atoms with Crippen LogP contribution in [-0.4, -0.2) is 41.9 Å². The lowest BCUT2D eigenvalue weighted by Crippen LogP contribution is -2.44. The molecule has 0 atom stereocenters. The number of carbonyl (C=O) groups excluding carboxylic acids is 1. The van der Waals surface area contributed by atoms with Crippen LogP contribution < -0.4 is 10.1 Å². The lowest BCUT2D eigenvalue weighted by molar-refractivity contribution is -0.384. The van der Waals surface area contributed by atoms with Crippen molar-refractivity contribution >= 4 is 11.6 Å². The summed E-state index contributed by atoms with van der Waals surface area (Å²) in [6.07, 6.45) is 3.05. The van der Waals surface area contributed by atoms with Gasteiger partial charge in [0.1, 0.15) is 11.5 Å². The van der Waals surface area contributed by atoms with Gasteiger partial charge in [0, 0.05) is 31.8 Å². The molecule has 1 spiro atoms. The van der Waals surface area contributed by atoms with E-state index in [9.17, 15) is 14.9 Å². The van der Waals surface area contributed by atoms with Crippen molar-refractivity contribution in [3.63, 3.8) is 0 Å². The summed E-state index contributed by atoms with van der Waals surface area (Å²) in [7, 11) is 0. The Hall–Kier alpha value is -2.93. The molecule has 146 valence electrons. The Morgan fingerprint density at radius 1 is 1.11 bits per heavy atom. The first-order chi connectivity index (χ1) is 13.6. The maximum Gasteiger partial charge on any atom is 0.270 e. The van der Waals surface area contributed by atoms with Gasteiger partial charge in [0.05, 0.1) is 10.5 Å². The van der Waals surface area contributed by atoms with Crippen LogP contribution >= 0.6 is 0 Å². The number of benzene rings is 2. The molecule has 2 heterocycles. The molecule has 2 saturated heterocycles. The second kappa shape index (κ2) is 7.59. The molecule has 1 amide bonds. The summed E-state index contributed by atoms with van der Waals surface area (Å²) < 4.78 is 5.87. The van der Waals surface area contributed by atoms with E-state index < -0.39 is 4.92 Å². The topological polar surface area (TPSA) is 84.7 Å². The molecule has 0 radical (unpaired) electrons. The number of nitro benzene ring substituents is 1. The molecule has 2 aliphatic rings. The van der Waals surface area contributed by atoms with E-state index >= 15 is 0 Å². The van der Waals surface area contributed by atoms with Crippen molar-refractivity contribution < 1.29 is 14.5 Å². The van der Waals surface area contributed by atoms with Gasteiger partial charge < -0.3 is 15.0 Å². The van der Waals surface area contributed by atoms with Crippen LogP contribution in [0.2, 0.25) is 0 Å². The zero-order chi connectivity index (χ0) is 19.6. The van der Waals surface area contributed by atoms with E-state index in [1.807, 2.05) is 18.2 Å². The van der Waals surface area contributed by atoms with Gasteiger partial charge in [-0.15, -0.1) is 0 Å². The van der Waals surface area contributed by atoms with Crippen molar-refractivity contribution in [2.45, 2.75) is 19.3 Å². The minimum absolute atomic E-state index is 0.114. The number of amides is 1. The third-order valence-electron chi connectivity index (χ3n) is 5.82. The molecule has 2 aromatic rings. The number of non-ortho nitro benzene ring substituents is 1. The van der Waals surface area contributed by atoms with Crippen molar-refractivity contribution in [3.05, 3.63) is 64.2 Å². The Labute approximate surface area is 163 Å². The Balaban J connectivity index is 1.58. The fourth-order valence-electron chi connectivity index (χ4n) is 4.08. The average Bonchev–Trinajstić information content (AvgIpc) is 3.17. The van der Waals surface area contributed by atoms with Gasteiger partial charge in [-0.05, 0) is 49.4 Å². The van der Waals surface area contributed by atoms with Gasteiger partial charge in [-0.1, -0.05) is 18.2 Å². The summed E-state index contributed by atoms with van der Waals surface area (Å²) in [6, 6.07) is 13.3. The van der Waals surface area contributed by atoms with Gasteiger partial charge in [-0.25, -0.2) is 0 Å². The Morgan fingerprint density at radius 3 is 2.50 bits per heavy atom. The highest BCUT2D eigenvalue weighted by atomic mass is 16.6. The molecule has 0 saturated carbocycles. The Morgan fingerprint density at radius 2 is 1.86 bits per heavy atom. The van der Waals surface area contributed by atoms with Gasteiger partial charge in [0.25, 0.3) is 11.6 Å². The molecule has 0 aromatic heterocycles. The number of piperidine rings is 1. The number of hydrogen-bond donors (Lipinski definition) is 1. The van der Waals surface area contributed by atoms with Gasteiger partial charge >= 0.3 is 0 Å². The molecule has 1 N–H and O–H groups in total. The van der Waals surface area contributed by atoms with Crippen LogP contribution in [0.3, 0.4) is 0 Å².